The van der Waals surface area contributed by atoms with Gasteiger partial charge in [0, 0.05) is 19.3 Å². The predicted molar refractivity (Wildman–Crippen MR) is 54.7 cm³/mol. The zero-order valence-electron chi connectivity index (χ0n) is 8.51. The minimum atomic E-state index is 0.0184. The second kappa shape index (κ2) is 5.18. The summed E-state index contributed by atoms with van der Waals surface area (Å²) in [5, 5.41) is 8.72. The average molecular weight is 190 g/mol. The van der Waals surface area contributed by atoms with Gasteiger partial charge in [0.25, 0.3) is 0 Å². The van der Waals surface area contributed by atoms with Crippen LogP contribution in [0.5, 0.6) is 0 Å². The summed E-state index contributed by atoms with van der Waals surface area (Å²) in [4.78, 5) is 10.1. The van der Waals surface area contributed by atoms with Gasteiger partial charge in [-0.05, 0) is 19.9 Å². The first kappa shape index (κ1) is 10.5. The highest BCUT2D eigenvalue weighted by molar-refractivity contribution is 5.36. The molecule has 0 amide bonds. The number of hydrogen-bond acceptors (Lipinski definition) is 4. The predicted octanol–water partition coefficient (Wildman–Crippen LogP) is 1.46. The number of anilines is 1. The lowest BCUT2D eigenvalue weighted by molar-refractivity contribution is 0.678. The molecule has 0 fully saturated rings. The molecule has 4 nitrogen and oxygen atoms in total. The van der Waals surface area contributed by atoms with Crippen molar-refractivity contribution in [1.82, 2.24) is 9.97 Å². The van der Waals surface area contributed by atoms with Gasteiger partial charge in [-0.25, -0.2) is 9.97 Å². The van der Waals surface area contributed by atoms with Crippen molar-refractivity contribution in [1.29, 1.82) is 5.26 Å². The fraction of sp³-hybridized carbons (Fsp3) is 0.500. The SMILES string of the molecule is CCN(CC(C)C#N)c1ccncn1. The first-order valence-electron chi connectivity index (χ1n) is 4.68. The van der Waals surface area contributed by atoms with Crippen LogP contribution in [0.4, 0.5) is 5.82 Å². The summed E-state index contributed by atoms with van der Waals surface area (Å²) in [5.41, 5.74) is 0. The van der Waals surface area contributed by atoms with Crippen molar-refractivity contribution < 1.29 is 0 Å². The molecule has 14 heavy (non-hydrogen) atoms. The van der Waals surface area contributed by atoms with Crippen LogP contribution in [0.3, 0.4) is 0 Å². The first-order valence-corrected chi connectivity index (χ1v) is 4.68. The monoisotopic (exact) mass is 190 g/mol. The van der Waals surface area contributed by atoms with E-state index in [0.29, 0.717) is 6.54 Å². The Balaban J connectivity index is 2.69. The highest BCUT2D eigenvalue weighted by Gasteiger charge is 2.09. The fourth-order valence-corrected chi connectivity index (χ4v) is 1.23. The van der Waals surface area contributed by atoms with Crippen LogP contribution >= 0.6 is 0 Å². The molecule has 0 radical (unpaired) electrons. The van der Waals surface area contributed by atoms with Gasteiger partial charge in [0.05, 0.1) is 12.0 Å². The molecule has 0 saturated heterocycles. The van der Waals surface area contributed by atoms with Crippen molar-refractivity contribution in [2.45, 2.75) is 13.8 Å². The third-order valence-corrected chi connectivity index (χ3v) is 1.99. The zero-order valence-corrected chi connectivity index (χ0v) is 8.51. The van der Waals surface area contributed by atoms with Gasteiger partial charge in [-0.3, -0.25) is 0 Å². The Morgan fingerprint density at radius 2 is 2.43 bits per heavy atom. The summed E-state index contributed by atoms with van der Waals surface area (Å²) >= 11 is 0. The third kappa shape index (κ3) is 2.70. The van der Waals surface area contributed by atoms with E-state index >= 15 is 0 Å². The Hall–Kier alpha value is -1.63. The van der Waals surface area contributed by atoms with E-state index in [0.717, 1.165) is 12.4 Å². The first-order chi connectivity index (χ1) is 6.77. The second-order valence-electron chi connectivity index (χ2n) is 3.14. The van der Waals surface area contributed by atoms with Crippen LogP contribution in [-0.4, -0.2) is 23.1 Å². The fourth-order valence-electron chi connectivity index (χ4n) is 1.23. The van der Waals surface area contributed by atoms with Gasteiger partial charge >= 0.3 is 0 Å². The molecule has 0 N–H and O–H groups in total. The molecule has 0 saturated carbocycles. The number of rotatable bonds is 4. The quantitative estimate of drug-likeness (QED) is 0.721. The zero-order chi connectivity index (χ0) is 10.4. The lowest BCUT2D eigenvalue weighted by Crippen LogP contribution is -2.28. The van der Waals surface area contributed by atoms with Gasteiger partial charge in [0.1, 0.15) is 12.1 Å². The lowest BCUT2D eigenvalue weighted by Gasteiger charge is -2.22. The highest BCUT2D eigenvalue weighted by atomic mass is 15.2. The smallest absolute Gasteiger partial charge is 0.131 e. The topological polar surface area (TPSA) is 52.8 Å². The Labute approximate surface area is 84.2 Å². The van der Waals surface area contributed by atoms with E-state index in [1.807, 2.05) is 19.9 Å². The molecule has 1 unspecified atom stereocenters. The van der Waals surface area contributed by atoms with Gasteiger partial charge in [0.15, 0.2) is 0 Å². The van der Waals surface area contributed by atoms with Gasteiger partial charge < -0.3 is 4.90 Å². The maximum absolute atomic E-state index is 8.72. The van der Waals surface area contributed by atoms with Gasteiger partial charge in [-0.2, -0.15) is 5.26 Å². The third-order valence-electron chi connectivity index (χ3n) is 1.99. The van der Waals surface area contributed by atoms with E-state index in [1.54, 1.807) is 6.20 Å². The standard InChI is InChI=1S/C10H14N4/c1-3-14(7-9(2)6-11)10-4-5-12-8-13-10/h4-5,8-9H,3,7H2,1-2H3. The van der Waals surface area contributed by atoms with Crippen molar-refractivity contribution >= 4 is 5.82 Å². The van der Waals surface area contributed by atoms with E-state index in [1.165, 1.54) is 6.33 Å². The van der Waals surface area contributed by atoms with Crippen LogP contribution in [0.2, 0.25) is 0 Å². The van der Waals surface area contributed by atoms with E-state index in [-0.39, 0.29) is 5.92 Å². The maximum atomic E-state index is 8.72. The Kier molecular flexibility index (Phi) is 3.86. The number of nitriles is 1. The molecule has 0 bridgehead atoms. The maximum Gasteiger partial charge on any atom is 0.131 e. The molecular weight excluding hydrogens is 176 g/mol. The minimum absolute atomic E-state index is 0.0184. The van der Waals surface area contributed by atoms with Gasteiger partial charge in [0.2, 0.25) is 0 Å². The Bertz CT molecular complexity index is 304. The summed E-state index contributed by atoms with van der Waals surface area (Å²) in [5.74, 6) is 0.898. The molecular formula is C10H14N4. The summed E-state index contributed by atoms with van der Waals surface area (Å²) < 4.78 is 0. The van der Waals surface area contributed by atoms with Gasteiger partial charge in [-0.15, -0.1) is 0 Å². The van der Waals surface area contributed by atoms with E-state index in [4.69, 9.17) is 5.26 Å². The van der Waals surface area contributed by atoms with E-state index in [9.17, 15) is 0 Å². The van der Waals surface area contributed by atoms with Gasteiger partial charge in [-0.1, -0.05) is 0 Å². The van der Waals surface area contributed by atoms with Crippen molar-refractivity contribution in [3.05, 3.63) is 18.6 Å². The summed E-state index contributed by atoms with van der Waals surface area (Å²) in [6, 6.07) is 4.07. The molecule has 1 atom stereocenters. The normalized spacial score (nSPS) is 11.8. The van der Waals surface area contributed by atoms with E-state index in [2.05, 4.69) is 20.9 Å². The van der Waals surface area contributed by atoms with Crippen molar-refractivity contribution in [2.24, 2.45) is 5.92 Å². The van der Waals surface area contributed by atoms with E-state index < -0.39 is 0 Å². The number of hydrogen-bond donors (Lipinski definition) is 0. The number of nitrogens with zero attached hydrogens (tertiary/aromatic N) is 4. The highest BCUT2D eigenvalue weighted by Crippen LogP contribution is 2.09. The summed E-state index contributed by atoms with van der Waals surface area (Å²) in [6.07, 6.45) is 3.23. The molecule has 1 rings (SSSR count). The molecule has 1 aromatic heterocycles. The van der Waals surface area contributed by atoms with Crippen molar-refractivity contribution in [3.8, 4) is 6.07 Å². The molecule has 4 heteroatoms. The number of aromatic nitrogens is 2. The molecule has 1 aromatic rings. The second-order valence-corrected chi connectivity index (χ2v) is 3.14. The molecule has 1 heterocycles. The Morgan fingerprint density at radius 3 is 2.93 bits per heavy atom. The molecule has 0 aromatic carbocycles. The van der Waals surface area contributed by atoms with Crippen LogP contribution in [0, 0.1) is 17.2 Å². The minimum Gasteiger partial charge on any atom is -0.355 e. The van der Waals surface area contributed by atoms with Crippen LogP contribution < -0.4 is 4.90 Å². The Morgan fingerprint density at radius 1 is 1.64 bits per heavy atom. The van der Waals surface area contributed by atoms with Crippen molar-refractivity contribution in [2.75, 3.05) is 18.0 Å². The molecule has 74 valence electrons. The van der Waals surface area contributed by atoms with Crippen LogP contribution in [0.1, 0.15) is 13.8 Å². The summed E-state index contributed by atoms with van der Waals surface area (Å²) in [7, 11) is 0. The largest absolute Gasteiger partial charge is 0.355 e. The van der Waals surface area contributed by atoms with Crippen LogP contribution in [0.25, 0.3) is 0 Å². The average Bonchev–Trinajstić information content (AvgIpc) is 2.26. The van der Waals surface area contributed by atoms with Crippen LogP contribution in [-0.2, 0) is 0 Å². The van der Waals surface area contributed by atoms with Crippen LogP contribution in [0.15, 0.2) is 18.6 Å². The molecule has 0 spiro atoms. The summed E-state index contributed by atoms with van der Waals surface area (Å²) in [6.45, 7) is 5.52. The van der Waals surface area contributed by atoms with Crippen molar-refractivity contribution in [3.63, 3.8) is 0 Å². The molecule has 0 aliphatic heterocycles. The molecule has 0 aliphatic rings. The lowest BCUT2D eigenvalue weighted by atomic mass is 10.2. The molecule has 0 aliphatic carbocycles.